The Morgan fingerprint density at radius 2 is 2.06 bits per heavy atom. The number of rotatable bonds is 3. The molecule has 3 rings (SSSR count). The van der Waals surface area contributed by atoms with E-state index in [1.807, 2.05) is 6.07 Å². The van der Waals surface area contributed by atoms with Gasteiger partial charge in [0.1, 0.15) is 0 Å². The van der Waals surface area contributed by atoms with Crippen LogP contribution in [-0.2, 0) is 4.79 Å². The first-order valence-electron chi connectivity index (χ1n) is 6.43. The lowest BCUT2D eigenvalue weighted by atomic mass is 10.1. The summed E-state index contributed by atoms with van der Waals surface area (Å²) in [5, 5.41) is 6.37. The van der Waals surface area contributed by atoms with Crippen LogP contribution in [0.1, 0.15) is 30.7 Å². The molecule has 0 spiro atoms. The molecule has 0 aromatic heterocycles. The summed E-state index contributed by atoms with van der Waals surface area (Å²) in [4.78, 5) is 11.9. The van der Waals surface area contributed by atoms with Gasteiger partial charge in [0.25, 0.3) is 0 Å². The molecule has 1 aliphatic heterocycles. The van der Waals surface area contributed by atoms with Crippen LogP contribution in [0.2, 0.25) is 0 Å². The summed E-state index contributed by atoms with van der Waals surface area (Å²) in [5.41, 5.74) is 1.34. The Bertz CT molecular complexity index is 404. The monoisotopic (exact) mass is 266 g/mol. The zero-order valence-electron chi connectivity index (χ0n) is 10.3. The molecule has 2 fully saturated rings. The van der Waals surface area contributed by atoms with E-state index < -0.39 is 0 Å². The largest absolute Gasteiger partial charge is 0.351 e. The van der Waals surface area contributed by atoms with Crippen molar-refractivity contribution in [1.29, 1.82) is 0 Å². The molecule has 0 radical (unpaired) electrons. The number of carbonyl (C=O) groups is 1. The van der Waals surface area contributed by atoms with Crippen molar-refractivity contribution in [3.63, 3.8) is 0 Å². The predicted molar refractivity (Wildman–Crippen MR) is 74.0 cm³/mol. The van der Waals surface area contributed by atoms with Crippen molar-refractivity contribution in [2.45, 2.75) is 37.3 Å². The Morgan fingerprint density at radius 3 is 2.72 bits per heavy atom. The predicted octanol–water partition coefficient (Wildman–Crippen LogP) is 1.83. The van der Waals surface area contributed by atoms with Gasteiger partial charge in [-0.25, -0.2) is 0 Å². The van der Waals surface area contributed by atoms with Gasteiger partial charge in [0.2, 0.25) is 5.91 Å². The highest BCUT2D eigenvalue weighted by molar-refractivity contribution is 5.85. The van der Waals surface area contributed by atoms with Gasteiger partial charge in [-0.2, -0.15) is 0 Å². The smallest absolute Gasteiger partial charge is 0.237 e. The molecule has 18 heavy (non-hydrogen) atoms. The molecule has 1 heterocycles. The summed E-state index contributed by atoms with van der Waals surface area (Å²) in [6.45, 7) is 0.977. The van der Waals surface area contributed by atoms with E-state index in [1.54, 1.807) is 0 Å². The van der Waals surface area contributed by atoms with Gasteiger partial charge in [-0.15, -0.1) is 12.4 Å². The third-order valence-corrected chi connectivity index (χ3v) is 3.72. The van der Waals surface area contributed by atoms with E-state index in [1.165, 1.54) is 5.56 Å². The number of amides is 1. The lowest BCUT2D eigenvalue weighted by Gasteiger charge is -2.10. The molecule has 2 aliphatic rings. The molecule has 3 unspecified atom stereocenters. The molecule has 1 aliphatic carbocycles. The third-order valence-electron chi connectivity index (χ3n) is 3.72. The van der Waals surface area contributed by atoms with Crippen LogP contribution < -0.4 is 10.6 Å². The van der Waals surface area contributed by atoms with E-state index in [-0.39, 0.29) is 24.4 Å². The van der Waals surface area contributed by atoms with Crippen LogP contribution in [0.5, 0.6) is 0 Å². The van der Waals surface area contributed by atoms with Crippen LogP contribution in [0, 0.1) is 0 Å². The Labute approximate surface area is 114 Å². The fraction of sp³-hybridized carbons (Fsp3) is 0.500. The molecule has 4 heteroatoms. The molecule has 3 atom stereocenters. The Morgan fingerprint density at radius 1 is 1.28 bits per heavy atom. The maximum Gasteiger partial charge on any atom is 0.237 e. The van der Waals surface area contributed by atoms with Gasteiger partial charge in [0, 0.05) is 12.0 Å². The van der Waals surface area contributed by atoms with E-state index in [0.717, 1.165) is 25.8 Å². The van der Waals surface area contributed by atoms with Gasteiger partial charge >= 0.3 is 0 Å². The van der Waals surface area contributed by atoms with E-state index >= 15 is 0 Å². The van der Waals surface area contributed by atoms with Crippen LogP contribution in [-0.4, -0.2) is 24.5 Å². The van der Waals surface area contributed by atoms with Crippen LogP contribution in [0.4, 0.5) is 0 Å². The minimum absolute atomic E-state index is 0. The molecule has 1 saturated carbocycles. The number of hydrogen-bond acceptors (Lipinski definition) is 2. The van der Waals surface area contributed by atoms with Gasteiger partial charge in [0.15, 0.2) is 0 Å². The summed E-state index contributed by atoms with van der Waals surface area (Å²) >= 11 is 0. The van der Waals surface area contributed by atoms with Crippen molar-refractivity contribution >= 4 is 18.3 Å². The second-order valence-corrected chi connectivity index (χ2v) is 5.02. The van der Waals surface area contributed by atoms with Crippen molar-refractivity contribution < 1.29 is 4.79 Å². The van der Waals surface area contributed by atoms with Gasteiger partial charge in [-0.3, -0.25) is 4.79 Å². The van der Waals surface area contributed by atoms with E-state index in [9.17, 15) is 4.79 Å². The van der Waals surface area contributed by atoms with Crippen LogP contribution in [0.25, 0.3) is 0 Å². The lowest BCUT2D eigenvalue weighted by Crippen LogP contribution is -2.41. The molecule has 2 N–H and O–H groups in total. The van der Waals surface area contributed by atoms with Crippen molar-refractivity contribution in [3.8, 4) is 0 Å². The number of benzene rings is 1. The second-order valence-electron chi connectivity index (χ2n) is 5.02. The Kier molecular flexibility index (Phi) is 4.25. The minimum atomic E-state index is 0. The highest BCUT2D eigenvalue weighted by Crippen LogP contribution is 2.40. The van der Waals surface area contributed by atoms with Gasteiger partial charge in [-0.1, -0.05) is 30.3 Å². The highest BCUT2D eigenvalue weighted by atomic mass is 35.5. The first kappa shape index (κ1) is 13.4. The average Bonchev–Trinajstić information content (AvgIpc) is 2.92. The van der Waals surface area contributed by atoms with Crippen molar-refractivity contribution in [2.75, 3.05) is 6.54 Å². The molecule has 3 nitrogen and oxygen atoms in total. The maximum atomic E-state index is 11.9. The SMILES string of the molecule is Cl.O=C(NC1CC1c1ccccc1)C1CCCN1. The highest BCUT2D eigenvalue weighted by Gasteiger charge is 2.40. The minimum Gasteiger partial charge on any atom is -0.351 e. The van der Waals surface area contributed by atoms with Gasteiger partial charge in [-0.05, 0) is 31.4 Å². The Balaban J connectivity index is 0.00000120. The first-order valence-corrected chi connectivity index (χ1v) is 6.43. The fourth-order valence-electron chi connectivity index (χ4n) is 2.61. The summed E-state index contributed by atoms with van der Waals surface area (Å²) in [5.74, 6) is 0.715. The third kappa shape index (κ3) is 2.85. The zero-order chi connectivity index (χ0) is 11.7. The number of hydrogen-bond donors (Lipinski definition) is 2. The molecule has 1 saturated heterocycles. The van der Waals surface area contributed by atoms with Crippen molar-refractivity contribution in [1.82, 2.24) is 10.6 Å². The van der Waals surface area contributed by atoms with Gasteiger partial charge in [0.05, 0.1) is 6.04 Å². The first-order chi connectivity index (χ1) is 8.34. The maximum absolute atomic E-state index is 11.9. The van der Waals surface area contributed by atoms with Crippen molar-refractivity contribution in [3.05, 3.63) is 35.9 Å². The molecular formula is C14H19ClN2O. The summed E-state index contributed by atoms with van der Waals surface area (Å²) in [7, 11) is 0. The average molecular weight is 267 g/mol. The number of nitrogens with one attached hydrogen (secondary N) is 2. The normalized spacial score (nSPS) is 29.4. The zero-order valence-corrected chi connectivity index (χ0v) is 11.1. The molecule has 98 valence electrons. The molecule has 0 bridgehead atoms. The van der Waals surface area contributed by atoms with Crippen molar-refractivity contribution in [2.24, 2.45) is 0 Å². The number of carbonyl (C=O) groups excluding carboxylic acids is 1. The van der Waals surface area contributed by atoms with E-state index in [0.29, 0.717) is 12.0 Å². The molecular weight excluding hydrogens is 248 g/mol. The second kappa shape index (κ2) is 5.72. The topological polar surface area (TPSA) is 41.1 Å². The van der Waals surface area contributed by atoms with E-state index in [2.05, 4.69) is 34.9 Å². The van der Waals surface area contributed by atoms with Crippen LogP contribution in [0.15, 0.2) is 30.3 Å². The fourth-order valence-corrected chi connectivity index (χ4v) is 2.61. The molecule has 1 aromatic carbocycles. The van der Waals surface area contributed by atoms with Gasteiger partial charge < -0.3 is 10.6 Å². The lowest BCUT2D eigenvalue weighted by molar-refractivity contribution is -0.122. The quantitative estimate of drug-likeness (QED) is 0.877. The van der Waals surface area contributed by atoms with E-state index in [4.69, 9.17) is 0 Å². The summed E-state index contributed by atoms with van der Waals surface area (Å²) in [6.07, 6.45) is 3.18. The molecule has 1 amide bonds. The summed E-state index contributed by atoms with van der Waals surface area (Å²) < 4.78 is 0. The summed E-state index contributed by atoms with van der Waals surface area (Å²) in [6, 6.07) is 10.8. The van der Waals surface area contributed by atoms with Crippen LogP contribution in [0.3, 0.4) is 0 Å². The Hall–Kier alpha value is -1.06. The standard InChI is InChI=1S/C14H18N2O.ClH/c17-14(12-7-4-8-15-12)16-13-9-11(13)10-5-2-1-3-6-10;/h1-3,5-6,11-13,15H,4,7-9H2,(H,16,17);1H. The van der Waals surface area contributed by atoms with Crippen LogP contribution >= 0.6 is 12.4 Å². The molecule has 1 aromatic rings. The number of halogens is 1.